The predicted molar refractivity (Wildman–Crippen MR) is 82.2 cm³/mol. The summed E-state index contributed by atoms with van der Waals surface area (Å²) < 4.78 is 5.16. The lowest BCUT2D eigenvalue weighted by molar-refractivity contribution is 0.0181. The standard InChI is InChI=1S/C7H15NO2.C7H6S.ClH/c1-7(9)6-8-2-4-10-5-3-8;1-2-6-4-7(3-1)8-5-6;/h7,9H,2-6H2,1H3;1-4H,5H2;1H. The summed E-state index contributed by atoms with van der Waals surface area (Å²) >= 11 is 1.92. The molecule has 1 atom stereocenters. The van der Waals surface area contributed by atoms with Crippen molar-refractivity contribution in [1.29, 1.82) is 0 Å². The van der Waals surface area contributed by atoms with Crippen molar-refractivity contribution in [2.75, 3.05) is 32.8 Å². The molecule has 2 aliphatic rings. The number of benzene rings is 1. The summed E-state index contributed by atoms with van der Waals surface area (Å²) in [4.78, 5) is 3.64. The minimum Gasteiger partial charge on any atom is -0.392 e. The van der Waals surface area contributed by atoms with Crippen LogP contribution < -0.4 is 0 Å². The Hall–Kier alpha value is -0.260. The van der Waals surface area contributed by atoms with Crippen molar-refractivity contribution in [3.63, 3.8) is 0 Å². The van der Waals surface area contributed by atoms with Crippen LogP contribution in [0.1, 0.15) is 12.5 Å². The summed E-state index contributed by atoms with van der Waals surface area (Å²) in [6.45, 7) is 6.15. The second kappa shape index (κ2) is 8.82. The largest absolute Gasteiger partial charge is 0.392 e. The first-order valence-electron chi connectivity index (χ1n) is 6.44. The van der Waals surface area contributed by atoms with Crippen LogP contribution in [0.5, 0.6) is 0 Å². The van der Waals surface area contributed by atoms with E-state index in [0.29, 0.717) is 0 Å². The summed E-state index contributed by atoms with van der Waals surface area (Å²) in [5.74, 6) is 1.18. The van der Waals surface area contributed by atoms with Crippen molar-refractivity contribution >= 4 is 24.2 Å². The Bertz CT molecular complexity index is 351. The fraction of sp³-hybridized carbons (Fsp3) is 0.571. The van der Waals surface area contributed by atoms with Gasteiger partial charge in [-0.3, -0.25) is 4.90 Å². The van der Waals surface area contributed by atoms with Crippen molar-refractivity contribution in [2.45, 2.75) is 23.7 Å². The second-order valence-corrected chi connectivity index (χ2v) is 5.75. The van der Waals surface area contributed by atoms with Crippen molar-refractivity contribution in [2.24, 2.45) is 0 Å². The molecule has 0 radical (unpaired) electrons. The maximum Gasteiger partial charge on any atom is 0.0639 e. The van der Waals surface area contributed by atoms with E-state index in [4.69, 9.17) is 9.84 Å². The van der Waals surface area contributed by atoms with Gasteiger partial charge in [-0.1, -0.05) is 12.1 Å². The minimum atomic E-state index is -0.210. The summed E-state index contributed by atoms with van der Waals surface area (Å²) in [5, 5.41) is 9.02. The minimum absolute atomic E-state index is 0. The summed E-state index contributed by atoms with van der Waals surface area (Å²) in [6.07, 6.45) is -0.210. The van der Waals surface area contributed by atoms with E-state index in [9.17, 15) is 0 Å². The van der Waals surface area contributed by atoms with Crippen molar-refractivity contribution in [3.05, 3.63) is 29.8 Å². The third-order valence-corrected chi connectivity index (χ3v) is 4.00. The van der Waals surface area contributed by atoms with Gasteiger partial charge in [0.05, 0.1) is 19.3 Å². The number of nitrogens with zero attached hydrogens (tertiary/aromatic N) is 1. The molecule has 2 heterocycles. The van der Waals surface area contributed by atoms with Gasteiger partial charge in [0, 0.05) is 30.3 Å². The van der Waals surface area contributed by atoms with Gasteiger partial charge in [-0.25, -0.2) is 0 Å². The number of aliphatic hydroxyl groups is 1. The van der Waals surface area contributed by atoms with Gasteiger partial charge in [0.25, 0.3) is 0 Å². The molecule has 3 nitrogen and oxygen atoms in total. The van der Waals surface area contributed by atoms with Gasteiger partial charge < -0.3 is 9.84 Å². The molecule has 3 rings (SSSR count). The highest BCUT2D eigenvalue weighted by Crippen LogP contribution is 2.30. The predicted octanol–water partition coefficient (Wildman–Crippen LogP) is 2.41. The smallest absolute Gasteiger partial charge is 0.0639 e. The molecule has 1 N–H and O–H groups in total. The Labute approximate surface area is 125 Å². The fourth-order valence-corrected chi connectivity index (χ4v) is 2.97. The highest BCUT2D eigenvalue weighted by molar-refractivity contribution is 7.98. The Morgan fingerprint density at radius 3 is 2.68 bits per heavy atom. The van der Waals surface area contributed by atoms with Crippen LogP contribution in [0.15, 0.2) is 29.2 Å². The summed E-state index contributed by atoms with van der Waals surface area (Å²) in [5.41, 5.74) is 1.47. The number of fused-ring (bicyclic) bond motifs is 2. The van der Waals surface area contributed by atoms with Crippen molar-refractivity contribution in [1.82, 2.24) is 4.90 Å². The molecule has 2 aliphatic heterocycles. The molecular formula is C14H22ClNO2S. The third-order valence-electron chi connectivity index (χ3n) is 2.93. The van der Waals surface area contributed by atoms with Crippen molar-refractivity contribution < 1.29 is 9.84 Å². The Morgan fingerprint density at radius 2 is 2.11 bits per heavy atom. The van der Waals surface area contributed by atoms with E-state index < -0.39 is 0 Å². The molecule has 0 saturated carbocycles. The first kappa shape index (κ1) is 16.8. The second-order valence-electron chi connectivity index (χ2n) is 4.70. The molecule has 2 bridgehead atoms. The number of thioether (sulfide) groups is 1. The van der Waals surface area contributed by atoms with Gasteiger partial charge in [0.2, 0.25) is 0 Å². The quantitative estimate of drug-likeness (QED) is 0.909. The normalized spacial score (nSPS) is 19.1. The van der Waals surface area contributed by atoms with E-state index in [1.54, 1.807) is 0 Å². The number of aliphatic hydroxyl groups excluding tert-OH is 1. The molecule has 0 aromatic heterocycles. The zero-order chi connectivity index (χ0) is 12.8. The lowest BCUT2D eigenvalue weighted by Gasteiger charge is -2.27. The first-order chi connectivity index (χ1) is 8.74. The van der Waals surface area contributed by atoms with E-state index in [1.807, 2.05) is 18.7 Å². The average Bonchev–Trinajstić information content (AvgIpc) is 2.70. The molecule has 19 heavy (non-hydrogen) atoms. The number of morpholine rings is 1. The molecule has 5 heteroatoms. The van der Waals surface area contributed by atoms with Crippen LogP contribution in [0, 0.1) is 0 Å². The highest BCUT2D eigenvalue weighted by Gasteiger charge is 2.11. The summed E-state index contributed by atoms with van der Waals surface area (Å²) in [7, 11) is 0. The molecular weight excluding hydrogens is 282 g/mol. The van der Waals surface area contributed by atoms with E-state index >= 15 is 0 Å². The van der Waals surface area contributed by atoms with Gasteiger partial charge >= 0.3 is 0 Å². The van der Waals surface area contributed by atoms with Gasteiger partial charge in [0.1, 0.15) is 0 Å². The lowest BCUT2D eigenvalue weighted by atomic mass is 10.2. The number of ether oxygens (including phenoxy) is 1. The molecule has 0 aliphatic carbocycles. The topological polar surface area (TPSA) is 32.7 Å². The molecule has 0 amide bonds. The van der Waals surface area contributed by atoms with Crippen LogP contribution >= 0.6 is 24.2 Å². The molecule has 1 aromatic carbocycles. The summed E-state index contributed by atoms with van der Waals surface area (Å²) in [6, 6.07) is 8.68. The Kier molecular flexibility index (Phi) is 7.80. The molecule has 1 unspecified atom stereocenters. The average molecular weight is 304 g/mol. The first-order valence-corrected chi connectivity index (χ1v) is 7.42. The molecule has 1 fully saturated rings. The van der Waals surface area contributed by atoms with Crippen LogP contribution in [-0.4, -0.2) is 49.0 Å². The van der Waals surface area contributed by atoms with Gasteiger partial charge in [-0.15, -0.1) is 24.2 Å². The van der Waals surface area contributed by atoms with E-state index in [2.05, 4.69) is 29.2 Å². The lowest BCUT2D eigenvalue weighted by Crippen LogP contribution is -2.40. The number of halogens is 1. The number of hydrogen-bond acceptors (Lipinski definition) is 4. The van der Waals surface area contributed by atoms with E-state index in [1.165, 1.54) is 16.2 Å². The van der Waals surface area contributed by atoms with Gasteiger partial charge in [0.15, 0.2) is 0 Å². The molecule has 1 saturated heterocycles. The van der Waals surface area contributed by atoms with Crippen LogP contribution in [0.25, 0.3) is 0 Å². The number of β-amino-alcohol motifs (C(OH)–C–C–N with tert-alkyl or cyclic N) is 1. The van der Waals surface area contributed by atoms with Gasteiger partial charge in [-0.05, 0) is 24.6 Å². The van der Waals surface area contributed by atoms with Crippen molar-refractivity contribution in [3.8, 4) is 0 Å². The van der Waals surface area contributed by atoms with Crippen LogP contribution in [0.2, 0.25) is 0 Å². The highest BCUT2D eigenvalue weighted by atomic mass is 35.5. The van der Waals surface area contributed by atoms with Crippen LogP contribution in [0.4, 0.5) is 0 Å². The van der Waals surface area contributed by atoms with Crippen LogP contribution in [-0.2, 0) is 10.5 Å². The Balaban J connectivity index is 0.000000183. The SMILES string of the molecule is CC(O)CN1CCOCC1.Cl.c1cc2cc(c1)SC2. The molecule has 0 spiro atoms. The fourth-order valence-electron chi connectivity index (χ4n) is 2.05. The maximum absolute atomic E-state index is 9.02. The number of rotatable bonds is 2. The zero-order valence-corrected chi connectivity index (χ0v) is 12.9. The number of hydrogen-bond donors (Lipinski definition) is 1. The van der Waals surface area contributed by atoms with Crippen LogP contribution in [0.3, 0.4) is 0 Å². The third kappa shape index (κ3) is 6.15. The van der Waals surface area contributed by atoms with E-state index in [0.717, 1.165) is 32.8 Å². The molecule has 1 aromatic rings. The van der Waals surface area contributed by atoms with E-state index in [-0.39, 0.29) is 18.5 Å². The monoisotopic (exact) mass is 303 g/mol. The zero-order valence-electron chi connectivity index (χ0n) is 11.2. The van der Waals surface area contributed by atoms with Gasteiger partial charge in [-0.2, -0.15) is 0 Å². The molecule has 108 valence electrons. The maximum atomic E-state index is 9.02. The Morgan fingerprint density at radius 1 is 1.37 bits per heavy atom.